The van der Waals surface area contributed by atoms with E-state index in [1.54, 1.807) is 7.11 Å². The Balaban J connectivity index is 1.94. The fourth-order valence-electron chi connectivity index (χ4n) is 3.38. The summed E-state index contributed by atoms with van der Waals surface area (Å²) in [4.78, 5) is 2.40. The van der Waals surface area contributed by atoms with Gasteiger partial charge in [0.15, 0.2) is 11.5 Å². The first-order valence-corrected chi connectivity index (χ1v) is 7.98. The topological polar surface area (TPSA) is 41.9 Å². The minimum absolute atomic E-state index is 0.120. The van der Waals surface area contributed by atoms with E-state index < -0.39 is 6.10 Å². The van der Waals surface area contributed by atoms with Gasteiger partial charge in [0.1, 0.15) is 12.7 Å². The van der Waals surface area contributed by atoms with Crippen LogP contribution in [0.1, 0.15) is 40.5 Å². The van der Waals surface area contributed by atoms with Crippen molar-refractivity contribution in [3.8, 4) is 11.5 Å². The Morgan fingerprint density at radius 2 is 1.64 bits per heavy atom. The SMILES string of the molecule is COc1ccccc1OCC(O)CN1C(C)(C)CCC1(C)C. The summed E-state index contributed by atoms with van der Waals surface area (Å²) in [5, 5.41) is 10.4. The Labute approximate surface area is 134 Å². The predicted molar refractivity (Wildman–Crippen MR) is 88.6 cm³/mol. The van der Waals surface area contributed by atoms with Crippen molar-refractivity contribution in [3.05, 3.63) is 24.3 Å². The number of hydrogen-bond donors (Lipinski definition) is 1. The van der Waals surface area contributed by atoms with Crippen LogP contribution >= 0.6 is 0 Å². The molecule has 1 aromatic carbocycles. The average Bonchev–Trinajstić information content (AvgIpc) is 2.68. The fourth-order valence-corrected chi connectivity index (χ4v) is 3.38. The van der Waals surface area contributed by atoms with Crippen molar-refractivity contribution in [2.45, 2.75) is 57.7 Å². The van der Waals surface area contributed by atoms with E-state index in [1.165, 1.54) is 0 Å². The fraction of sp³-hybridized carbons (Fsp3) is 0.667. The van der Waals surface area contributed by atoms with Crippen molar-refractivity contribution >= 4 is 0 Å². The molecule has 0 bridgehead atoms. The normalized spacial score (nSPS) is 21.5. The highest BCUT2D eigenvalue weighted by Gasteiger charge is 2.44. The third-order valence-electron chi connectivity index (χ3n) is 4.70. The van der Waals surface area contributed by atoms with Crippen molar-refractivity contribution in [2.75, 3.05) is 20.3 Å². The largest absolute Gasteiger partial charge is 0.493 e. The summed E-state index contributed by atoms with van der Waals surface area (Å²) in [6, 6.07) is 7.51. The van der Waals surface area contributed by atoms with E-state index in [9.17, 15) is 5.11 Å². The Bertz CT molecular complexity index is 483. The van der Waals surface area contributed by atoms with Crippen LogP contribution < -0.4 is 9.47 Å². The van der Waals surface area contributed by atoms with Crippen LogP contribution in [0, 0.1) is 0 Å². The lowest BCUT2D eigenvalue weighted by molar-refractivity contribution is 0.00498. The maximum atomic E-state index is 10.4. The molecular weight excluding hydrogens is 278 g/mol. The van der Waals surface area contributed by atoms with Gasteiger partial charge < -0.3 is 14.6 Å². The summed E-state index contributed by atoms with van der Waals surface area (Å²) in [7, 11) is 1.62. The van der Waals surface area contributed by atoms with Gasteiger partial charge in [-0.2, -0.15) is 0 Å². The van der Waals surface area contributed by atoms with E-state index in [4.69, 9.17) is 9.47 Å². The molecule has 1 atom stereocenters. The monoisotopic (exact) mass is 307 g/mol. The minimum Gasteiger partial charge on any atom is -0.493 e. The number of para-hydroxylation sites is 2. The van der Waals surface area contributed by atoms with Gasteiger partial charge in [0, 0.05) is 17.6 Å². The molecule has 1 unspecified atom stereocenters. The maximum absolute atomic E-state index is 10.4. The van der Waals surface area contributed by atoms with Crippen molar-refractivity contribution in [2.24, 2.45) is 0 Å². The van der Waals surface area contributed by atoms with E-state index in [1.807, 2.05) is 24.3 Å². The zero-order valence-electron chi connectivity index (χ0n) is 14.4. The number of aliphatic hydroxyl groups is 1. The molecule has 1 heterocycles. The van der Waals surface area contributed by atoms with Crippen molar-refractivity contribution in [1.82, 2.24) is 4.90 Å². The Hall–Kier alpha value is -1.26. The second-order valence-corrected chi connectivity index (χ2v) is 7.35. The highest BCUT2D eigenvalue weighted by Crippen LogP contribution is 2.40. The van der Waals surface area contributed by atoms with Crippen LogP contribution in [0.25, 0.3) is 0 Å². The number of likely N-dealkylation sites (tertiary alicyclic amines) is 1. The van der Waals surface area contributed by atoms with Crippen LogP contribution in [0.4, 0.5) is 0 Å². The quantitative estimate of drug-likeness (QED) is 0.877. The summed E-state index contributed by atoms with van der Waals surface area (Å²) < 4.78 is 11.0. The predicted octanol–water partition coefficient (Wildman–Crippen LogP) is 3.09. The number of hydrogen-bond acceptors (Lipinski definition) is 4. The van der Waals surface area contributed by atoms with Crippen molar-refractivity contribution in [1.29, 1.82) is 0 Å². The number of aliphatic hydroxyl groups excluding tert-OH is 1. The standard InChI is InChI=1S/C18H29NO3/c1-17(2)10-11-18(3,4)19(17)12-14(20)13-22-16-9-7-6-8-15(16)21-5/h6-9,14,20H,10-13H2,1-5H3. The highest BCUT2D eigenvalue weighted by atomic mass is 16.5. The molecular formula is C18H29NO3. The van der Waals surface area contributed by atoms with Gasteiger partial charge in [-0.05, 0) is 52.7 Å². The second-order valence-electron chi connectivity index (χ2n) is 7.35. The molecule has 0 amide bonds. The van der Waals surface area contributed by atoms with E-state index in [2.05, 4.69) is 32.6 Å². The van der Waals surface area contributed by atoms with E-state index in [0.29, 0.717) is 18.0 Å². The van der Waals surface area contributed by atoms with Crippen LogP contribution in [0.3, 0.4) is 0 Å². The van der Waals surface area contributed by atoms with E-state index in [-0.39, 0.29) is 17.7 Å². The van der Waals surface area contributed by atoms with Gasteiger partial charge in [-0.25, -0.2) is 0 Å². The summed E-state index contributed by atoms with van der Waals surface area (Å²) in [5.41, 5.74) is 0.240. The van der Waals surface area contributed by atoms with Gasteiger partial charge in [-0.15, -0.1) is 0 Å². The number of methoxy groups -OCH3 is 1. The van der Waals surface area contributed by atoms with Gasteiger partial charge in [0.25, 0.3) is 0 Å². The maximum Gasteiger partial charge on any atom is 0.161 e. The molecule has 4 heteroatoms. The van der Waals surface area contributed by atoms with Crippen LogP contribution in [0.15, 0.2) is 24.3 Å². The molecule has 1 aliphatic rings. The molecule has 1 fully saturated rings. The average molecular weight is 307 g/mol. The van der Waals surface area contributed by atoms with Crippen LogP contribution in [0.5, 0.6) is 11.5 Å². The Morgan fingerprint density at radius 1 is 1.09 bits per heavy atom. The van der Waals surface area contributed by atoms with Crippen molar-refractivity contribution in [3.63, 3.8) is 0 Å². The number of nitrogens with zero attached hydrogens (tertiary/aromatic N) is 1. The number of benzene rings is 1. The molecule has 22 heavy (non-hydrogen) atoms. The molecule has 0 aromatic heterocycles. The van der Waals surface area contributed by atoms with Gasteiger partial charge in [-0.3, -0.25) is 4.90 Å². The third kappa shape index (κ3) is 3.73. The molecule has 0 aliphatic carbocycles. The summed E-state index contributed by atoms with van der Waals surface area (Å²) >= 11 is 0. The smallest absolute Gasteiger partial charge is 0.161 e. The molecule has 1 saturated heterocycles. The summed E-state index contributed by atoms with van der Waals surface area (Å²) in [6.45, 7) is 9.87. The molecule has 0 spiro atoms. The molecule has 1 N–H and O–H groups in total. The zero-order chi connectivity index (χ0) is 16.4. The van der Waals surface area contributed by atoms with Gasteiger partial charge in [0.05, 0.1) is 7.11 Å². The lowest BCUT2D eigenvalue weighted by Gasteiger charge is -2.41. The molecule has 1 aliphatic heterocycles. The lowest BCUT2D eigenvalue weighted by Crippen LogP contribution is -2.52. The minimum atomic E-state index is -0.526. The molecule has 124 valence electrons. The van der Waals surface area contributed by atoms with Gasteiger partial charge in [-0.1, -0.05) is 12.1 Å². The van der Waals surface area contributed by atoms with E-state index in [0.717, 1.165) is 12.8 Å². The molecule has 1 aromatic rings. The van der Waals surface area contributed by atoms with Crippen molar-refractivity contribution < 1.29 is 14.6 Å². The van der Waals surface area contributed by atoms with E-state index >= 15 is 0 Å². The Morgan fingerprint density at radius 3 is 2.18 bits per heavy atom. The van der Waals surface area contributed by atoms with Gasteiger partial charge in [0.2, 0.25) is 0 Å². The first-order chi connectivity index (χ1) is 10.3. The number of rotatable bonds is 6. The highest BCUT2D eigenvalue weighted by molar-refractivity contribution is 5.39. The third-order valence-corrected chi connectivity index (χ3v) is 4.70. The molecule has 0 saturated carbocycles. The number of β-amino-alcohol motifs (C(OH)–C–C–N with tert-alkyl or cyclic N) is 1. The Kier molecular flexibility index (Phi) is 5.03. The lowest BCUT2D eigenvalue weighted by atomic mass is 10.0. The van der Waals surface area contributed by atoms with Gasteiger partial charge >= 0.3 is 0 Å². The summed E-state index contributed by atoms with van der Waals surface area (Å²) in [5.74, 6) is 1.36. The summed E-state index contributed by atoms with van der Waals surface area (Å²) in [6.07, 6.45) is 1.78. The molecule has 2 rings (SSSR count). The second kappa shape index (κ2) is 6.47. The van der Waals surface area contributed by atoms with Crippen LogP contribution in [0.2, 0.25) is 0 Å². The first-order valence-electron chi connectivity index (χ1n) is 7.98. The molecule has 0 radical (unpaired) electrons. The molecule has 4 nitrogen and oxygen atoms in total. The van der Waals surface area contributed by atoms with Crippen LogP contribution in [-0.4, -0.2) is 47.4 Å². The zero-order valence-corrected chi connectivity index (χ0v) is 14.4. The first kappa shape index (κ1) is 17.1. The van der Waals surface area contributed by atoms with Crippen LogP contribution in [-0.2, 0) is 0 Å². The number of ether oxygens (including phenoxy) is 2.